The third-order valence-electron chi connectivity index (χ3n) is 4.21. The molecule has 4 nitrogen and oxygen atoms in total. The molecule has 1 aliphatic rings. The number of nitrogens with zero attached hydrogens (tertiary/aromatic N) is 1. The second kappa shape index (κ2) is 7.39. The lowest BCUT2D eigenvalue weighted by molar-refractivity contribution is 0.0946. The molecule has 0 heterocycles. The summed E-state index contributed by atoms with van der Waals surface area (Å²) in [5.41, 5.74) is 2.82. The van der Waals surface area contributed by atoms with Crippen molar-refractivity contribution in [1.29, 1.82) is 0 Å². The van der Waals surface area contributed by atoms with Crippen LogP contribution in [0.25, 0.3) is 0 Å². The van der Waals surface area contributed by atoms with E-state index < -0.39 is 0 Å². The number of nitrogens with one attached hydrogen (secondary N) is 1. The highest BCUT2D eigenvalue weighted by atomic mass is 16.5. The van der Waals surface area contributed by atoms with E-state index >= 15 is 0 Å². The number of benzene rings is 2. The maximum atomic E-state index is 12.5. The Kier molecular flexibility index (Phi) is 5.04. The molecular formula is C20H24N2O2. The number of para-hydroxylation sites is 1. The molecule has 0 atom stereocenters. The van der Waals surface area contributed by atoms with Gasteiger partial charge in [-0.05, 0) is 48.6 Å². The van der Waals surface area contributed by atoms with Crippen molar-refractivity contribution >= 4 is 11.6 Å². The van der Waals surface area contributed by atoms with Crippen LogP contribution in [0.3, 0.4) is 0 Å². The topological polar surface area (TPSA) is 41.6 Å². The lowest BCUT2D eigenvalue weighted by atomic mass is 10.1. The molecule has 0 spiro atoms. The molecule has 1 fully saturated rings. The smallest absolute Gasteiger partial charge is 0.255 e. The Morgan fingerprint density at radius 3 is 2.50 bits per heavy atom. The number of carbonyl (C=O) groups excluding carboxylic acids is 1. The van der Waals surface area contributed by atoms with Gasteiger partial charge in [-0.15, -0.1) is 0 Å². The molecule has 0 radical (unpaired) electrons. The Labute approximate surface area is 143 Å². The van der Waals surface area contributed by atoms with Gasteiger partial charge in [0.05, 0.1) is 12.2 Å². The Balaban J connectivity index is 1.60. The molecule has 0 aromatic heterocycles. The van der Waals surface area contributed by atoms with Crippen molar-refractivity contribution in [3.05, 3.63) is 59.7 Å². The van der Waals surface area contributed by atoms with Crippen molar-refractivity contribution in [2.75, 3.05) is 25.6 Å². The number of ether oxygens (including phenoxy) is 1. The van der Waals surface area contributed by atoms with Crippen LogP contribution in [0.15, 0.2) is 48.5 Å². The molecule has 0 saturated heterocycles. The van der Waals surface area contributed by atoms with Crippen molar-refractivity contribution in [2.24, 2.45) is 5.92 Å². The summed E-state index contributed by atoms with van der Waals surface area (Å²) in [6, 6.07) is 15.6. The predicted octanol–water partition coefficient (Wildman–Crippen LogP) is 3.47. The third-order valence-corrected chi connectivity index (χ3v) is 4.21. The molecule has 2 aromatic carbocycles. The van der Waals surface area contributed by atoms with Gasteiger partial charge in [0, 0.05) is 26.3 Å². The SMILES string of the molecule is CN(C)c1ccc(CNC(=O)c2ccccc2OCC2CC2)cc1. The fourth-order valence-electron chi connectivity index (χ4n) is 2.46. The van der Waals surface area contributed by atoms with E-state index in [4.69, 9.17) is 4.74 Å². The fraction of sp³-hybridized carbons (Fsp3) is 0.350. The number of hydrogen-bond donors (Lipinski definition) is 1. The molecule has 24 heavy (non-hydrogen) atoms. The van der Waals surface area contributed by atoms with Gasteiger partial charge in [0.2, 0.25) is 0 Å². The third kappa shape index (κ3) is 4.28. The highest BCUT2D eigenvalue weighted by molar-refractivity contribution is 5.96. The molecule has 1 aliphatic carbocycles. The molecule has 0 aliphatic heterocycles. The van der Waals surface area contributed by atoms with Gasteiger partial charge in [0.15, 0.2) is 0 Å². The largest absolute Gasteiger partial charge is 0.492 e. The van der Waals surface area contributed by atoms with Crippen molar-refractivity contribution < 1.29 is 9.53 Å². The average Bonchev–Trinajstić information content (AvgIpc) is 3.43. The van der Waals surface area contributed by atoms with Gasteiger partial charge < -0.3 is 15.0 Å². The van der Waals surface area contributed by atoms with Crippen LogP contribution in [-0.2, 0) is 6.54 Å². The molecule has 2 aromatic rings. The Morgan fingerprint density at radius 1 is 1.12 bits per heavy atom. The Hall–Kier alpha value is -2.49. The van der Waals surface area contributed by atoms with Crippen LogP contribution in [0.4, 0.5) is 5.69 Å². The summed E-state index contributed by atoms with van der Waals surface area (Å²) in [4.78, 5) is 14.5. The first-order valence-electron chi connectivity index (χ1n) is 8.40. The minimum Gasteiger partial charge on any atom is -0.492 e. The van der Waals surface area contributed by atoms with E-state index in [1.807, 2.05) is 62.6 Å². The van der Waals surface area contributed by atoms with E-state index in [0.717, 1.165) is 11.3 Å². The standard InChI is InChI=1S/C20H24N2O2/c1-22(2)17-11-9-15(10-12-17)13-21-20(23)18-5-3-4-6-19(18)24-14-16-7-8-16/h3-6,9-12,16H,7-8,13-14H2,1-2H3,(H,21,23). The number of rotatable bonds is 7. The van der Waals surface area contributed by atoms with Gasteiger partial charge in [-0.2, -0.15) is 0 Å². The Morgan fingerprint density at radius 2 is 1.83 bits per heavy atom. The number of amides is 1. The second-order valence-electron chi connectivity index (χ2n) is 6.49. The zero-order chi connectivity index (χ0) is 16.9. The van der Waals surface area contributed by atoms with Crippen LogP contribution in [0.2, 0.25) is 0 Å². The number of anilines is 1. The number of hydrogen-bond acceptors (Lipinski definition) is 3. The summed E-state index contributed by atoms with van der Waals surface area (Å²) in [5.74, 6) is 1.24. The van der Waals surface area contributed by atoms with Crippen LogP contribution < -0.4 is 15.0 Å². The molecule has 1 saturated carbocycles. The monoisotopic (exact) mass is 324 g/mol. The summed E-state index contributed by atoms with van der Waals surface area (Å²) < 4.78 is 5.81. The highest BCUT2D eigenvalue weighted by Gasteiger charge is 2.23. The summed E-state index contributed by atoms with van der Waals surface area (Å²) in [7, 11) is 4.02. The first kappa shape index (κ1) is 16.4. The van der Waals surface area contributed by atoms with Crippen molar-refractivity contribution in [3.63, 3.8) is 0 Å². The maximum Gasteiger partial charge on any atom is 0.255 e. The van der Waals surface area contributed by atoms with Crippen molar-refractivity contribution in [1.82, 2.24) is 5.32 Å². The summed E-state index contributed by atoms with van der Waals surface area (Å²) in [5, 5.41) is 2.98. The quantitative estimate of drug-likeness (QED) is 0.848. The zero-order valence-corrected chi connectivity index (χ0v) is 14.3. The molecular weight excluding hydrogens is 300 g/mol. The van der Waals surface area contributed by atoms with Crippen LogP contribution in [0, 0.1) is 5.92 Å². The molecule has 1 amide bonds. The summed E-state index contributed by atoms with van der Waals surface area (Å²) in [6.45, 7) is 1.21. The van der Waals surface area contributed by atoms with Gasteiger partial charge in [-0.25, -0.2) is 0 Å². The van der Waals surface area contributed by atoms with Gasteiger partial charge in [0.25, 0.3) is 5.91 Å². The minimum absolute atomic E-state index is 0.0990. The molecule has 0 bridgehead atoms. The first-order valence-corrected chi connectivity index (χ1v) is 8.40. The first-order chi connectivity index (χ1) is 11.6. The van der Waals surface area contributed by atoms with E-state index in [1.54, 1.807) is 0 Å². The average molecular weight is 324 g/mol. The van der Waals surface area contributed by atoms with Gasteiger partial charge in [-0.3, -0.25) is 4.79 Å². The van der Waals surface area contributed by atoms with E-state index in [2.05, 4.69) is 10.2 Å². The normalized spacial score (nSPS) is 13.4. The lowest BCUT2D eigenvalue weighted by Gasteiger charge is -2.13. The summed E-state index contributed by atoms with van der Waals surface area (Å²) >= 11 is 0. The minimum atomic E-state index is -0.0990. The van der Waals surface area contributed by atoms with Gasteiger partial charge in [-0.1, -0.05) is 24.3 Å². The van der Waals surface area contributed by atoms with Crippen LogP contribution in [0.1, 0.15) is 28.8 Å². The van der Waals surface area contributed by atoms with Crippen molar-refractivity contribution in [2.45, 2.75) is 19.4 Å². The van der Waals surface area contributed by atoms with E-state index in [0.29, 0.717) is 30.4 Å². The summed E-state index contributed by atoms with van der Waals surface area (Å²) in [6.07, 6.45) is 2.47. The van der Waals surface area contributed by atoms with Gasteiger partial charge >= 0.3 is 0 Å². The number of carbonyl (C=O) groups is 1. The second-order valence-corrected chi connectivity index (χ2v) is 6.49. The Bertz CT molecular complexity index is 691. The molecule has 126 valence electrons. The molecule has 0 unspecified atom stereocenters. The molecule has 1 N–H and O–H groups in total. The van der Waals surface area contributed by atoms with Gasteiger partial charge in [0.1, 0.15) is 5.75 Å². The van der Waals surface area contributed by atoms with Crippen LogP contribution in [-0.4, -0.2) is 26.6 Å². The predicted molar refractivity (Wildman–Crippen MR) is 96.6 cm³/mol. The highest BCUT2D eigenvalue weighted by Crippen LogP contribution is 2.30. The van der Waals surface area contributed by atoms with Crippen molar-refractivity contribution in [3.8, 4) is 5.75 Å². The maximum absolute atomic E-state index is 12.5. The van der Waals surface area contributed by atoms with E-state index in [1.165, 1.54) is 12.8 Å². The lowest BCUT2D eigenvalue weighted by Crippen LogP contribution is -2.23. The van der Waals surface area contributed by atoms with Crippen LogP contribution >= 0.6 is 0 Å². The van der Waals surface area contributed by atoms with E-state index in [9.17, 15) is 4.79 Å². The molecule has 4 heteroatoms. The fourth-order valence-corrected chi connectivity index (χ4v) is 2.46. The zero-order valence-electron chi connectivity index (χ0n) is 14.3. The molecule has 3 rings (SSSR count). The van der Waals surface area contributed by atoms with E-state index in [-0.39, 0.29) is 5.91 Å². The van der Waals surface area contributed by atoms with Crippen LogP contribution in [0.5, 0.6) is 5.75 Å².